The Hall–Kier alpha value is -2.69. The van der Waals surface area contributed by atoms with E-state index in [2.05, 4.69) is 0 Å². The molecule has 0 fully saturated rings. The van der Waals surface area contributed by atoms with Crippen LogP contribution in [0.1, 0.15) is 15.9 Å². The number of hydrogen-bond donors (Lipinski definition) is 2. The number of methoxy groups -OCH3 is 1. The first-order chi connectivity index (χ1) is 9.61. The van der Waals surface area contributed by atoms with Crippen LogP contribution in [0.3, 0.4) is 0 Å². The molecule has 3 N–H and O–H groups in total. The third-order valence-electron chi connectivity index (χ3n) is 2.83. The van der Waals surface area contributed by atoms with E-state index in [1.54, 1.807) is 19.2 Å². The zero-order valence-electron chi connectivity index (χ0n) is 11.0. The highest BCUT2D eigenvalue weighted by atomic mass is 16.5. The highest BCUT2D eigenvalue weighted by Gasteiger charge is 2.14. The summed E-state index contributed by atoms with van der Waals surface area (Å²) in [6.07, 6.45) is 0. The second kappa shape index (κ2) is 5.97. The quantitative estimate of drug-likeness (QED) is 0.818. The van der Waals surface area contributed by atoms with Crippen molar-refractivity contribution in [1.82, 2.24) is 0 Å². The molecule has 0 saturated carbocycles. The van der Waals surface area contributed by atoms with Gasteiger partial charge in [-0.1, -0.05) is 18.2 Å². The highest BCUT2D eigenvalue weighted by Crippen LogP contribution is 2.25. The number of carboxylic acid groups (broad SMARTS) is 1. The van der Waals surface area contributed by atoms with Crippen molar-refractivity contribution in [2.45, 2.75) is 6.61 Å². The van der Waals surface area contributed by atoms with Gasteiger partial charge in [-0.3, -0.25) is 0 Å². The van der Waals surface area contributed by atoms with Crippen LogP contribution < -0.4 is 15.2 Å². The summed E-state index contributed by atoms with van der Waals surface area (Å²) < 4.78 is 10.6. The molecule has 0 unspecified atom stereocenters. The van der Waals surface area contributed by atoms with E-state index in [9.17, 15) is 4.79 Å². The van der Waals surface area contributed by atoms with Crippen LogP contribution in [-0.2, 0) is 6.61 Å². The summed E-state index contributed by atoms with van der Waals surface area (Å²) in [6.45, 7) is 0.258. The van der Waals surface area contributed by atoms with Gasteiger partial charge in [0.05, 0.1) is 7.11 Å². The van der Waals surface area contributed by atoms with E-state index in [-0.39, 0.29) is 23.6 Å². The first-order valence-corrected chi connectivity index (χ1v) is 5.99. The molecule has 2 rings (SSSR count). The molecule has 20 heavy (non-hydrogen) atoms. The summed E-state index contributed by atoms with van der Waals surface area (Å²) in [6, 6.07) is 12.1. The summed E-state index contributed by atoms with van der Waals surface area (Å²) in [4.78, 5) is 11.2. The van der Waals surface area contributed by atoms with Crippen molar-refractivity contribution in [2.75, 3.05) is 12.8 Å². The molecule has 2 aromatic carbocycles. The fourth-order valence-corrected chi connectivity index (χ4v) is 1.78. The Morgan fingerprint density at radius 2 is 1.90 bits per heavy atom. The number of ether oxygens (including phenoxy) is 2. The van der Waals surface area contributed by atoms with Crippen LogP contribution in [0.4, 0.5) is 5.69 Å². The van der Waals surface area contributed by atoms with E-state index in [1.165, 1.54) is 6.07 Å². The Balaban J connectivity index is 2.14. The number of hydrogen-bond acceptors (Lipinski definition) is 4. The number of aromatic carboxylic acids is 1. The third kappa shape index (κ3) is 3.00. The Labute approximate surface area is 116 Å². The van der Waals surface area contributed by atoms with E-state index in [1.807, 2.05) is 24.3 Å². The highest BCUT2D eigenvalue weighted by molar-refractivity contribution is 5.96. The Morgan fingerprint density at radius 3 is 2.50 bits per heavy atom. The molecule has 0 aliphatic rings. The van der Waals surface area contributed by atoms with E-state index in [0.717, 1.165) is 11.3 Å². The summed E-state index contributed by atoms with van der Waals surface area (Å²) in [5, 5.41) is 9.14. The monoisotopic (exact) mass is 273 g/mol. The molecule has 104 valence electrons. The number of nitrogen functional groups attached to an aromatic ring is 1. The minimum absolute atomic E-state index is 0.0130. The van der Waals surface area contributed by atoms with Gasteiger partial charge < -0.3 is 20.3 Å². The van der Waals surface area contributed by atoms with Gasteiger partial charge in [-0.15, -0.1) is 0 Å². The molecule has 2 aromatic rings. The predicted molar refractivity (Wildman–Crippen MR) is 75.1 cm³/mol. The molecule has 0 bridgehead atoms. The van der Waals surface area contributed by atoms with Gasteiger partial charge in [0.2, 0.25) is 0 Å². The van der Waals surface area contributed by atoms with Crippen LogP contribution in [0.5, 0.6) is 11.5 Å². The second-order valence-corrected chi connectivity index (χ2v) is 4.16. The van der Waals surface area contributed by atoms with Crippen LogP contribution in [0, 0.1) is 0 Å². The number of rotatable bonds is 5. The van der Waals surface area contributed by atoms with E-state index >= 15 is 0 Å². The van der Waals surface area contributed by atoms with Gasteiger partial charge in [0, 0.05) is 5.69 Å². The van der Waals surface area contributed by atoms with Gasteiger partial charge in [0.1, 0.15) is 23.7 Å². The van der Waals surface area contributed by atoms with Crippen LogP contribution in [0.15, 0.2) is 42.5 Å². The van der Waals surface area contributed by atoms with Crippen LogP contribution >= 0.6 is 0 Å². The molecule has 0 amide bonds. The van der Waals surface area contributed by atoms with Gasteiger partial charge in [-0.05, 0) is 29.8 Å². The summed E-state index contributed by atoms with van der Waals surface area (Å²) in [5.74, 6) is -0.0925. The molecular formula is C15H15NO4. The van der Waals surface area contributed by atoms with Crippen molar-refractivity contribution in [3.8, 4) is 11.5 Å². The lowest BCUT2D eigenvalue weighted by Crippen LogP contribution is -2.06. The molecule has 0 heterocycles. The average molecular weight is 273 g/mol. The first kappa shape index (κ1) is 13.7. The number of carbonyl (C=O) groups is 1. The summed E-state index contributed by atoms with van der Waals surface area (Å²) in [5.41, 5.74) is 6.73. The lowest BCUT2D eigenvalue weighted by molar-refractivity contribution is 0.0693. The standard InChI is InChI=1S/C15H15NO4/c1-19-11-7-5-10(6-8-11)9-20-13-4-2-3-12(16)14(13)15(17)18/h2-8H,9,16H2,1H3,(H,17,18). The zero-order valence-corrected chi connectivity index (χ0v) is 11.0. The minimum atomic E-state index is -1.10. The maximum absolute atomic E-state index is 11.2. The summed E-state index contributed by atoms with van der Waals surface area (Å²) >= 11 is 0. The normalized spacial score (nSPS) is 10.1. The fraction of sp³-hybridized carbons (Fsp3) is 0.133. The predicted octanol–water partition coefficient (Wildman–Crippen LogP) is 2.55. The first-order valence-electron chi connectivity index (χ1n) is 5.99. The Morgan fingerprint density at radius 1 is 1.20 bits per heavy atom. The molecule has 0 saturated heterocycles. The molecule has 0 aliphatic carbocycles. The number of nitrogens with two attached hydrogens (primary N) is 1. The van der Waals surface area contributed by atoms with Crippen LogP contribution in [-0.4, -0.2) is 18.2 Å². The summed E-state index contributed by atoms with van der Waals surface area (Å²) in [7, 11) is 1.59. The van der Waals surface area contributed by atoms with E-state index in [0.29, 0.717) is 0 Å². The van der Waals surface area contributed by atoms with Gasteiger partial charge in [-0.25, -0.2) is 4.79 Å². The molecule has 0 spiro atoms. The van der Waals surface area contributed by atoms with Crippen LogP contribution in [0.25, 0.3) is 0 Å². The van der Waals surface area contributed by atoms with E-state index in [4.69, 9.17) is 20.3 Å². The zero-order chi connectivity index (χ0) is 14.5. The number of carboxylic acids is 1. The maximum Gasteiger partial charge on any atom is 0.341 e. The molecule has 5 heteroatoms. The molecule has 0 atom stereocenters. The van der Waals surface area contributed by atoms with Crippen molar-refractivity contribution in [1.29, 1.82) is 0 Å². The van der Waals surface area contributed by atoms with Crippen molar-refractivity contribution in [3.63, 3.8) is 0 Å². The SMILES string of the molecule is COc1ccc(COc2cccc(N)c2C(=O)O)cc1. The fourth-order valence-electron chi connectivity index (χ4n) is 1.78. The van der Waals surface area contributed by atoms with Gasteiger partial charge in [-0.2, -0.15) is 0 Å². The van der Waals surface area contributed by atoms with Gasteiger partial charge in [0.15, 0.2) is 0 Å². The molecule has 0 radical (unpaired) electrons. The smallest absolute Gasteiger partial charge is 0.341 e. The average Bonchev–Trinajstić information content (AvgIpc) is 2.45. The van der Waals surface area contributed by atoms with Crippen molar-refractivity contribution in [2.24, 2.45) is 0 Å². The van der Waals surface area contributed by atoms with E-state index < -0.39 is 5.97 Å². The third-order valence-corrected chi connectivity index (χ3v) is 2.83. The molecule has 5 nitrogen and oxygen atoms in total. The van der Waals surface area contributed by atoms with Crippen molar-refractivity contribution < 1.29 is 19.4 Å². The van der Waals surface area contributed by atoms with Gasteiger partial charge >= 0.3 is 5.97 Å². The maximum atomic E-state index is 11.2. The topological polar surface area (TPSA) is 81.8 Å². The van der Waals surface area contributed by atoms with Crippen molar-refractivity contribution in [3.05, 3.63) is 53.6 Å². The lowest BCUT2D eigenvalue weighted by Gasteiger charge is -2.11. The van der Waals surface area contributed by atoms with Gasteiger partial charge in [0.25, 0.3) is 0 Å². The number of benzene rings is 2. The lowest BCUT2D eigenvalue weighted by atomic mass is 10.1. The second-order valence-electron chi connectivity index (χ2n) is 4.16. The molecule has 0 aromatic heterocycles. The molecular weight excluding hydrogens is 258 g/mol. The van der Waals surface area contributed by atoms with Crippen LogP contribution in [0.2, 0.25) is 0 Å². The largest absolute Gasteiger partial charge is 0.497 e. The molecule has 0 aliphatic heterocycles. The minimum Gasteiger partial charge on any atom is -0.497 e. The number of anilines is 1. The Bertz CT molecular complexity index is 608. The van der Waals surface area contributed by atoms with Crippen molar-refractivity contribution >= 4 is 11.7 Å². The Kier molecular flexibility index (Phi) is 4.10.